The molecule has 14 heavy (non-hydrogen) atoms. The van der Waals surface area contributed by atoms with Crippen LogP contribution in [-0.4, -0.2) is 8.32 Å². The maximum Gasteiger partial charge on any atom is 0.249 e. The van der Waals surface area contributed by atoms with Gasteiger partial charge in [-0.25, -0.2) is 0 Å². The normalized spacial score (nSPS) is 11.9. The first kappa shape index (κ1) is 13.5. The highest BCUT2D eigenvalue weighted by Crippen LogP contribution is 2.21. The van der Waals surface area contributed by atoms with Gasteiger partial charge in [0.05, 0.1) is 6.26 Å². The number of hydrogen-bond acceptors (Lipinski definition) is 1. The SMILES string of the molecule is C=CCC/C=C\O[Si](CC)(CC)CC. The van der Waals surface area contributed by atoms with Gasteiger partial charge in [-0.05, 0) is 31.0 Å². The van der Waals surface area contributed by atoms with E-state index in [2.05, 4.69) is 33.4 Å². The Kier molecular flexibility index (Phi) is 7.58. The van der Waals surface area contributed by atoms with Crippen LogP contribution in [-0.2, 0) is 4.43 Å². The second-order valence-corrected chi connectivity index (χ2v) is 8.32. The van der Waals surface area contributed by atoms with Crippen molar-refractivity contribution in [2.24, 2.45) is 0 Å². The zero-order chi connectivity index (χ0) is 10.9. The third-order valence-corrected chi connectivity index (χ3v) is 7.39. The van der Waals surface area contributed by atoms with Crippen LogP contribution in [0.15, 0.2) is 25.0 Å². The number of hydrogen-bond donors (Lipinski definition) is 0. The van der Waals surface area contributed by atoms with Crippen LogP contribution in [0.2, 0.25) is 18.1 Å². The zero-order valence-electron chi connectivity index (χ0n) is 9.88. The highest BCUT2D eigenvalue weighted by atomic mass is 28.4. The lowest BCUT2D eigenvalue weighted by Gasteiger charge is -2.26. The Morgan fingerprint density at radius 3 is 2.07 bits per heavy atom. The van der Waals surface area contributed by atoms with Crippen molar-refractivity contribution in [1.82, 2.24) is 0 Å². The molecular weight excluding hydrogens is 188 g/mol. The van der Waals surface area contributed by atoms with E-state index in [0.717, 1.165) is 12.8 Å². The molecule has 0 aliphatic carbocycles. The van der Waals surface area contributed by atoms with E-state index < -0.39 is 8.32 Å². The number of allylic oxidation sites excluding steroid dienone is 2. The zero-order valence-corrected chi connectivity index (χ0v) is 10.9. The van der Waals surface area contributed by atoms with E-state index in [1.54, 1.807) is 0 Å². The predicted octanol–water partition coefficient (Wildman–Crippen LogP) is 4.49. The molecule has 0 aliphatic heterocycles. The number of unbranched alkanes of at least 4 members (excludes halogenated alkanes) is 1. The lowest BCUT2D eigenvalue weighted by Crippen LogP contribution is -2.33. The summed E-state index contributed by atoms with van der Waals surface area (Å²) >= 11 is 0. The van der Waals surface area contributed by atoms with E-state index in [1.165, 1.54) is 18.1 Å². The standard InChI is InChI=1S/C12H24OSi/c1-5-9-10-11-12-13-14(6-2,7-3)8-4/h5,11-12H,1,6-10H2,2-4H3/b12-11-. The van der Waals surface area contributed by atoms with Crippen molar-refractivity contribution in [3.05, 3.63) is 25.0 Å². The maximum absolute atomic E-state index is 5.95. The molecule has 0 rings (SSSR count). The Labute approximate surface area is 90.0 Å². The lowest BCUT2D eigenvalue weighted by molar-refractivity contribution is 0.455. The molecule has 0 unspecified atom stereocenters. The van der Waals surface area contributed by atoms with Crippen LogP contribution < -0.4 is 0 Å². The molecule has 0 saturated carbocycles. The van der Waals surface area contributed by atoms with Crippen LogP contribution in [0.3, 0.4) is 0 Å². The fourth-order valence-corrected chi connectivity index (χ4v) is 3.86. The van der Waals surface area contributed by atoms with E-state index >= 15 is 0 Å². The first-order chi connectivity index (χ1) is 6.74. The van der Waals surface area contributed by atoms with Gasteiger partial charge in [0, 0.05) is 0 Å². The molecule has 0 N–H and O–H groups in total. The molecule has 0 radical (unpaired) electrons. The van der Waals surface area contributed by atoms with Crippen LogP contribution >= 0.6 is 0 Å². The molecule has 0 aliphatic rings. The van der Waals surface area contributed by atoms with Crippen LogP contribution in [0.4, 0.5) is 0 Å². The van der Waals surface area contributed by atoms with Crippen molar-refractivity contribution in [2.75, 3.05) is 0 Å². The first-order valence-electron chi connectivity index (χ1n) is 5.68. The predicted molar refractivity (Wildman–Crippen MR) is 66.9 cm³/mol. The van der Waals surface area contributed by atoms with Crippen LogP contribution in [0, 0.1) is 0 Å². The van der Waals surface area contributed by atoms with Gasteiger partial charge in [-0.1, -0.05) is 32.9 Å². The minimum atomic E-state index is -1.39. The third kappa shape index (κ3) is 4.65. The smallest absolute Gasteiger partial charge is 0.249 e. The lowest BCUT2D eigenvalue weighted by atomic mass is 10.3. The average molecular weight is 212 g/mol. The molecule has 0 aromatic carbocycles. The van der Waals surface area contributed by atoms with Crippen LogP contribution in [0.1, 0.15) is 33.6 Å². The summed E-state index contributed by atoms with van der Waals surface area (Å²) in [5.74, 6) is 0. The Balaban J connectivity index is 3.92. The molecule has 0 spiro atoms. The van der Waals surface area contributed by atoms with Crippen molar-refractivity contribution >= 4 is 8.32 Å². The Morgan fingerprint density at radius 1 is 1.07 bits per heavy atom. The average Bonchev–Trinajstić information content (AvgIpc) is 2.24. The summed E-state index contributed by atoms with van der Waals surface area (Å²) in [7, 11) is -1.39. The molecule has 1 nitrogen and oxygen atoms in total. The molecule has 0 heterocycles. The Bertz CT molecular complexity index is 163. The van der Waals surface area contributed by atoms with Gasteiger partial charge in [-0.2, -0.15) is 0 Å². The van der Waals surface area contributed by atoms with Crippen LogP contribution in [0.5, 0.6) is 0 Å². The van der Waals surface area contributed by atoms with Crippen molar-refractivity contribution in [2.45, 2.75) is 51.7 Å². The van der Waals surface area contributed by atoms with Crippen molar-refractivity contribution < 1.29 is 4.43 Å². The second kappa shape index (κ2) is 7.86. The van der Waals surface area contributed by atoms with E-state index in [0.29, 0.717) is 0 Å². The summed E-state index contributed by atoms with van der Waals surface area (Å²) in [6.07, 6.45) is 8.06. The van der Waals surface area contributed by atoms with Gasteiger partial charge in [-0.15, -0.1) is 6.58 Å². The molecular formula is C12H24OSi. The molecule has 82 valence electrons. The van der Waals surface area contributed by atoms with Gasteiger partial charge < -0.3 is 4.43 Å². The maximum atomic E-state index is 5.95. The summed E-state index contributed by atoms with van der Waals surface area (Å²) in [5, 5.41) is 0. The molecule has 0 amide bonds. The first-order valence-corrected chi connectivity index (χ1v) is 8.21. The molecule has 0 atom stereocenters. The molecule has 0 bridgehead atoms. The molecule has 0 aromatic rings. The van der Waals surface area contributed by atoms with E-state index in [4.69, 9.17) is 4.43 Å². The molecule has 0 saturated heterocycles. The van der Waals surface area contributed by atoms with Gasteiger partial charge in [0.25, 0.3) is 0 Å². The monoisotopic (exact) mass is 212 g/mol. The van der Waals surface area contributed by atoms with Gasteiger partial charge in [-0.3, -0.25) is 0 Å². The van der Waals surface area contributed by atoms with Gasteiger partial charge in [0.15, 0.2) is 0 Å². The highest BCUT2D eigenvalue weighted by molar-refractivity contribution is 6.73. The summed E-state index contributed by atoms with van der Waals surface area (Å²) in [6.45, 7) is 10.4. The second-order valence-electron chi connectivity index (χ2n) is 3.60. The van der Waals surface area contributed by atoms with Crippen molar-refractivity contribution in [1.29, 1.82) is 0 Å². The topological polar surface area (TPSA) is 9.23 Å². The quantitative estimate of drug-likeness (QED) is 0.249. The fourth-order valence-electron chi connectivity index (χ4n) is 1.47. The summed E-state index contributed by atoms with van der Waals surface area (Å²) in [6, 6.07) is 3.64. The summed E-state index contributed by atoms with van der Waals surface area (Å²) < 4.78 is 5.95. The molecule has 2 heteroatoms. The fraction of sp³-hybridized carbons (Fsp3) is 0.667. The molecule has 0 aromatic heterocycles. The van der Waals surface area contributed by atoms with Crippen LogP contribution in [0.25, 0.3) is 0 Å². The van der Waals surface area contributed by atoms with Crippen molar-refractivity contribution in [3.8, 4) is 0 Å². The van der Waals surface area contributed by atoms with Gasteiger partial charge in [0.1, 0.15) is 0 Å². The largest absolute Gasteiger partial charge is 0.549 e. The third-order valence-electron chi connectivity index (χ3n) is 2.88. The Hall–Kier alpha value is -0.503. The van der Waals surface area contributed by atoms with E-state index in [1.807, 2.05) is 12.3 Å². The summed E-state index contributed by atoms with van der Waals surface area (Å²) in [5.41, 5.74) is 0. The van der Waals surface area contributed by atoms with E-state index in [9.17, 15) is 0 Å². The van der Waals surface area contributed by atoms with Gasteiger partial charge >= 0.3 is 0 Å². The van der Waals surface area contributed by atoms with E-state index in [-0.39, 0.29) is 0 Å². The molecule has 0 fully saturated rings. The number of rotatable bonds is 8. The van der Waals surface area contributed by atoms with Crippen molar-refractivity contribution in [3.63, 3.8) is 0 Å². The minimum Gasteiger partial charge on any atom is -0.549 e. The van der Waals surface area contributed by atoms with Gasteiger partial charge in [0.2, 0.25) is 8.32 Å². The summed E-state index contributed by atoms with van der Waals surface area (Å²) in [4.78, 5) is 0. The minimum absolute atomic E-state index is 1.04. The highest BCUT2D eigenvalue weighted by Gasteiger charge is 2.28. The Morgan fingerprint density at radius 2 is 1.64 bits per heavy atom.